The first-order valence-corrected chi connectivity index (χ1v) is 6.81. The minimum absolute atomic E-state index is 0.193. The molecule has 20 heavy (non-hydrogen) atoms. The summed E-state index contributed by atoms with van der Waals surface area (Å²) in [6.45, 7) is 3.14. The highest BCUT2D eigenvalue weighted by atomic mass is 16.4. The van der Waals surface area contributed by atoms with Crippen LogP contribution in [0.2, 0.25) is 0 Å². The van der Waals surface area contributed by atoms with Crippen LogP contribution in [-0.2, 0) is 11.2 Å². The summed E-state index contributed by atoms with van der Waals surface area (Å²) >= 11 is 0. The molecule has 1 aromatic heterocycles. The fraction of sp³-hybridized carbons (Fsp3) is 0.615. The number of rotatable bonds is 5. The summed E-state index contributed by atoms with van der Waals surface area (Å²) in [5.74, 6) is -0.812. The van der Waals surface area contributed by atoms with E-state index in [1.807, 2.05) is 6.92 Å². The maximum absolute atomic E-state index is 12.0. The number of nitrogens with zero attached hydrogens (tertiary/aromatic N) is 2. The van der Waals surface area contributed by atoms with E-state index in [-0.39, 0.29) is 12.6 Å². The number of aromatic amines is 1. The van der Waals surface area contributed by atoms with Gasteiger partial charge in [-0.25, -0.2) is 9.78 Å². The SMILES string of the molecule is CCC1(C(=O)O)CCN(C(=O)NCCc2cnc[nH]2)C1. The summed E-state index contributed by atoms with van der Waals surface area (Å²) in [6, 6.07) is -0.193. The van der Waals surface area contributed by atoms with Gasteiger partial charge in [-0.3, -0.25) is 4.79 Å². The van der Waals surface area contributed by atoms with E-state index in [2.05, 4.69) is 15.3 Å². The lowest BCUT2D eigenvalue weighted by molar-refractivity contribution is -0.148. The van der Waals surface area contributed by atoms with Gasteiger partial charge in [0.1, 0.15) is 0 Å². The van der Waals surface area contributed by atoms with Crippen molar-refractivity contribution in [1.82, 2.24) is 20.2 Å². The number of aliphatic carboxylic acids is 1. The van der Waals surface area contributed by atoms with Gasteiger partial charge in [0, 0.05) is 37.9 Å². The van der Waals surface area contributed by atoms with Crippen LogP contribution in [0.3, 0.4) is 0 Å². The van der Waals surface area contributed by atoms with E-state index in [0.717, 1.165) is 5.69 Å². The molecule has 1 aliphatic heterocycles. The monoisotopic (exact) mass is 280 g/mol. The molecule has 1 atom stereocenters. The maximum Gasteiger partial charge on any atom is 0.317 e. The summed E-state index contributed by atoms with van der Waals surface area (Å²) in [5.41, 5.74) is 0.181. The van der Waals surface area contributed by atoms with Gasteiger partial charge in [0.25, 0.3) is 0 Å². The molecule has 7 heteroatoms. The molecular formula is C13H20N4O3. The summed E-state index contributed by atoms with van der Waals surface area (Å²) in [5, 5.41) is 12.1. The van der Waals surface area contributed by atoms with Gasteiger partial charge in [0.05, 0.1) is 11.7 Å². The van der Waals surface area contributed by atoms with Crippen LogP contribution in [-0.4, -0.2) is 51.6 Å². The normalized spacial score (nSPS) is 21.9. The summed E-state index contributed by atoms with van der Waals surface area (Å²) < 4.78 is 0. The highest BCUT2D eigenvalue weighted by Gasteiger charge is 2.44. The van der Waals surface area contributed by atoms with E-state index in [0.29, 0.717) is 32.4 Å². The lowest BCUT2D eigenvalue weighted by atomic mass is 9.84. The number of nitrogens with one attached hydrogen (secondary N) is 2. The highest BCUT2D eigenvalue weighted by molar-refractivity contribution is 5.79. The number of aromatic nitrogens is 2. The average Bonchev–Trinajstić information content (AvgIpc) is 3.08. The molecule has 2 rings (SSSR count). The number of carbonyl (C=O) groups excluding carboxylic acids is 1. The summed E-state index contributed by atoms with van der Waals surface area (Å²) in [4.78, 5) is 31.8. The van der Waals surface area contributed by atoms with Gasteiger partial charge in [-0.1, -0.05) is 6.92 Å². The standard InChI is InChI=1S/C13H20N4O3/c1-2-13(11(18)19)4-6-17(8-13)12(20)15-5-3-10-7-14-9-16-10/h7,9H,2-6,8H2,1H3,(H,14,16)(H,15,20)(H,18,19). The molecule has 110 valence electrons. The van der Waals surface area contributed by atoms with Crippen molar-refractivity contribution in [2.75, 3.05) is 19.6 Å². The Balaban J connectivity index is 1.80. The minimum atomic E-state index is -0.812. The Morgan fingerprint density at radius 3 is 2.95 bits per heavy atom. The molecule has 0 aliphatic carbocycles. The van der Waals surface area contributed by atoms with Crippen LogP contribution in [0.15, 0.2) is 12.5 Å². The van der Waals surface area contributed by atoms with E-state index in [1.165, 1.54) is 0 Å². The molecule has 1 unspecified atom stereocenters. The van der Waals surface area contributed by atoms with Crippen LogP contribution in [0.5, 0.6) is 0 Å². The minimum Gasteiger partial charge on any atom is -0.481 e. The van der Waals surface area contributed by atoms with E-state index in [1.54, 1.807) is 17.4 Å². The highest BCUT2D eigenvalue weighted by Crippen LogP contribution is 2.34. The number of carboxylic acid groups (broad SMARTS) is 1. The molecule has 0 aromatic carbocycles. The third-order valence-electron chi connectivity index (χ3n) is 4.00. The predicted octanol–water partition coefficient (Wildman–Crippen LogP) is 0.848. The molecule has 7 nitrogen and oxygen atoms in total. The first-order chi connectivity index (χ1) is 9.57. The topological polar surface area (TPSA) is 98.3 Å². The van der Waals surface area contributed by atoms with Crippen LogP contribution in [0.25, 0.3) is 0 Å². The van der Waals surface area contributed by atoms with E-state index in [9.17, 15) is 14.7 Å². The molecule has 2 amide bonds. The third-order valence-corrected chi connectivity index (χ3v) is 4.00. The number of carbonyl (C=O) groups is 2. The zero-order valence-corrected chi connectivity index (χ0v) is 11.6. The van der Waals surface area contributed by atoms with Crippen molar-refractivity contribution in [3.8, 4) is 0 Å². The Kier molecular flexibility index (Phi) is 4.26. The third kappa shape index (κ3) is 2.92. The lowest BCUT2D eigenvalue weighted by Gasteiger charge is -2.23. The molecule has 0 spiro atoms. The van der Waals surface area contributed by atoms with Gasteiger partial charge in [0.15, 0.2) is 0 Å². The van der Waals surface area contributed by atoms with Gasteiger partial charge in [-0.15, -0.1) is 0 Å². The first kappa shape index (κ1) is 14.4. The largest absolute Gasteiger partial charge is 0.481 e. The molecule has 2 heterocycles. The summed E-state index contributed by atoms with van der Waals surface area (Å²) in [7, 11) is 0. The van der Waals surface area contributed by atoms with Gasteiger partial charge in [-0.05, 0) is 12.8 Å². The Hall–Kier alpha value is -2.05. The maximum atomic E-state index is 12.0. The van der Waals surface area contributed by atoms with Crippen LogP contribution < -0.4 is 5.32 Å². The molecule has 1 aliphatic rings. The van der Waals surface area contributed by atoms with Gasteiger partial charge in [-0.2, -0.15) is 0 Å². The van der Waals surface area contributed by atoms with Crippen molar-refractivity contribution in [1.29, 1.82) is 0 Å². The molecule has 0 bridgehead atoms. The predicted molar refractivity (Wildman–Crippen MR) is 72.2 cm³/mol. The quantitative estimate of drug-likeness (QED) is 0.744. The second-order valence-electron chi connectivity index (χ2n) is 5.17. The zero-order valence-electron chi connectivity index (χ0n) is 11.6. The smallest absolute Gasteiger partial charge is 0.317 e. The number of imidazole rings is 1. The van der Waals surface area contributed by atoms with Crippen LogP contribution in [0.4, 0.5) is 4.79 Å². The number of amides is 2. The second kappa shape index (κ2) is 5.94. The van der Waals surface area contributed by atoms with Crippen molar-refractivity contribution >= 4 is 12.0 Å². The van der Waals surface area contributed by atoms with Gasteiger partial charge >= 0.3 is 12.0 Å². The van der Waals surface area contributed by atoms with Crippen LogP contribution in [0, 0.1) is 5.41 Å². The number of urea groups is 1. The molecule has 1 saturated heterocycles. The van der Waals surface area contributed by atoms with Crippen molar-refractivity contribution < 1.29 is 14.7 Å². The Labute approximate surface area is 117 Å². The first-order valence-electron chi connectivity index (χ1n) is 6.81. The van der Waals surface area contributed by atoms with Crippen molar-refractivity contribution in [3.63, 3.8) is 0 Å². The number of hydrogen-bond donors (Lipinski definition) is 3. The lowest BCUT2D eigenvalue weighted by Crippen LogP contribution is -2.42. The summed E-state index contributed by atoms with van der Waals surface area (Å²) in [6.07, 6.45) is 5.05. The Bertz CT molecular complexity index is 474. The molecular weight excluding hydrogens is 260 g/mol. The van der Waals surface area contributed by atoms with Crippen LogP contribution >= 0.6 is 0 Å². The molecule has 1 aromatic rings. The van der Waals surface area contributed by atoms with Crippen molar-refractivity contribution in [2.45, 2.75) is 26.2 Å². The number of H-pyrrole nitrogens is 1. The fourth-order valence-electron chi connectivity index (χ4n) is 2.50. The Morgan fingerprint density at radius 2 is 2.40 bits per heavy atom. The second-order valence-corrected chi connectivity index (χ2v) is 5.17. The molecule has 1 fully saturated rings. The van der Waals surface area contributed by atoms with Crippen molar-refractivity contribution in [3.05, 3.63) is 18.2 Å². The van der Waals surface area contributed by atoms with Gasteiger partial charge in [0.2, 0.25) is 0 Å². The van der Waals surface area contributed by atoms with Crippen molar-refractivity contribution in [2.24, 2.45) is 5.41 Å². The van der Waals surface area contributed by atoms with Gasteiger partial charge < -0.3 is 20.3 Å². The molecule has 3 N–H and O–H groups in total. The number of carboxylic acids is 1. The Morgan fingerprint density at radius 1 is 1.60 bits per heavy atom. The van der Waals surface area contributed by atoms with E-state index < -0.39 is 11.4 Å². The molecule has 0 saturated carbocycles. The van der Waals surface area contributed by atoms with E-state index >= 15 is 0 Å². The average molecular weight is 280 g/mol. The fourth-order valence-corrected chi connectivity index (χ4v) is 2.50. The zero-order chi connectivity index (χ0) is 14.6. The number of likely N-dealkylation sites (tertiary alicyclic amines) is 1. The molecule has 0 radical (unpaired) electrons. The van der Waals surface area contributed by atoms with E-state index in [4.69, 9.17) is 0 Å². The number of hydrogen-bond acceptors (Lipinski definition) is 3. The van der Waals surface area contributed by atoms with Crippen LogP contribution in [0.1, 0.15) is 25.5 Å².